The summed E-state index contributed by atoms with van der Waals surface area (Å²) in [5, 5.41) is 6.19. The van der Waals surface area contributed by atoms with Gasteiger partial charge in [0.1, 0.15) is 0 Å². The molecule has 0 saturated heterocycles. The number of oxime groups is 1. The normalized spacial score (nSPS) is 17.4. The largest absolute Gasteiger partial charge is 0.451 e. The number of carbonyl (C=O) groups is 1. The second kappa shape index (κ2) is 10.8. The number of amides is 1. The zero-order valence-corrected chi connectivity index (χ0v) is 23.0. The molecular formula is C25H20Cl2F7N5O2. The molecule has 41 heavy (non-hydrogen) atoms. The van der Waals surface area contributed by atoms with Crippen LogP contribution in [0.1, 0.15) is 53.1 Å². The van der Waals surface area contributed by atoms with Crippen molar-refractivity contribution in [1.29, 1.82) is 0 Å². The van der Waals surface area contributed by atoms with Crippen LogP contribution in [0.15, 0.2) is 35.5 Å². The molecule has 1 atom stereocenters. The van der Waals surface area contributed by atoms with Gasteiger partial charge in [0.15, 0.2) is 5.82 Å². The maximum absolute atomic E-state index is 14.3. The average molecular weight is 626 g/mol. The third-order valence-corrected chi connectivity index (χ3v) is 6.99. The van der Waals surface area contributed by atoms with Gasteiger partial charge in [-0.2, -0.15) is 31.3 Å². The summed E-state index contributed by atoms with van der Waals surface area (Å²) in [5.74, 6) is -3.51. The molecule has 0 bridgehead atoms. The summed E-state index contributed by atoms with van der Waals surface area (Å²) in [5.41, 5.74) is -3.18. The van der Waals surface area contributed by atoms with Crippen molar-refractivity contribution >= 4 is 40.8 Å². The lowest BCUT2D eigenvalue weighted by atomic mass is 9.86. The number of aromatic nitrogens is 3. The van der Waals surface area contributed by atoms with E-state index in [1.54, 1.807) is 0 Å². The summed E-state index contributed by atoms with van der Waals surface area (Å²) in [6, 6.07) is 5.54. The highest BCUT2D eigenvalue weighted by Gasteiger charge is 2.62. The highest BCUT2D eigenvalue weighted by molar-refractivity contribution is 6.35. The highest BCUT2D eigenvalue weighted by atomic mass is 35.5. The number of rotatable bonds is 6. The van der Waals surface area contributed by atoms with E-state index in [1.807, 2.05) is 0 Å². The lowest BCUT2D eigenvalue weighted by molar-refractivity contribution is -0.275. The zero-order valence-electron chi connectivity index (χ0n) is 21.5. The monoisotopic (exact) mass is 625 g/mol. The fourth-order valence-corrected chi connectivity index (χ4v) is 4.81. The molecule has 1 aliphatic rings. The molecule has 16 heteroatoms. The number of alkyl halides is 6. The summed E-state index contributed by atoms with van der Waals surface area (Å²) in [6.45, 7) is 4.26. The van der Waals surface area contributed by atoms with Crippen LogP contribution in [0.2, 0.25) is 10.0 Å². The van der Waals surface area contributed by atoms with Gasteiger partial charge >= 0.3 is 12.4 Å². The number of carbonyl (C=O) groups excluding carboxylic acids is 1. The van der Waals surface area contributed by atoms with Gasteiger partial charge in [-0.15, -0.1) is 5.10 Å². The molecule has 0 fully saturated rings. The average Bonchev–Trinajstić information content (AvgIpc) is 3.53. The van der Waals surface area contributed by atoms with Crippen LogP contribution in [0.25, 0.3) is 0 Å². The van der Waals surface area contributed by atoms with Crippen LogP contribution in [0.3, 0.4) is 0 Å². The Bertz CT molecular complexity index is 1510. The van der Waals surface area contributed by atoms with Gasteiger partial charge in [-0.3, -0.25) is 9.69 Å². The smallest absolute Gasteiger partial charge is 0.374 e. The Morgan fingerprint density at radius 1 is 1.10 bits per heavy atom. The lowest BCUT2D eigenvalue weighted by Gasteiger charge is -2.29. The van der Waals surface area contributed by atoms with Gasteiger partial charge in [0, 0.05) is 30.6 Å². The van der Waals surface area contributed by atoms with Gasteiger partial charge in [-0.25, -0.2) is 9.07 Å². The van der Waals surface area contributed by atoms with Crippen LogP contribution in [0, 0.1) is 12.7 Å². The molecule has 0 saturated carbocycles. The van der Waals surface area contributed by atoms with Crippen molar-refractivity contribution in [1.82, 2.24) is 14.8 Å². The molecule has 0 aliphatic carbocycles. The number of hydrogen-bond acceptors (Lipinski definition) is 5. The molecule has 3 aromatic rings. The molecule has 7 nitrogen and oxygen atoms in total. The minimum absolute atomic E-state index is 0.0516. The van der Waals surface area contributed by atoms with E-state index in [1.165, 1.54) is 39.0 Å². The Morgan fingerprint density at radius 2 is 1.73 bits per heavy atom. The summed E-state index contributed by atoms with van der Waals surface area (Å²) < 4.78 is 97.5. The quantitative estimate of drug-likeness (QED) is 0.213. The van der Waals surface area contributed by atoms with Crippen LogP contribution in [-0.2, 0) is 23.2 Å². The predicted molar refractivity (Wildman–Crippen MR) is 136 cm³/mol. The topological polar surface area (TPSA) is 72.6 Å². The van der Waals surface area contributed by atoms with Crippen molar-refractivity contribution in [3.63, 3.8) is 0 Å². The van der Waals surface area contributed by atoms with Crippen LogP contribution in [0.4, 0.5) is 36.7 Å². The van der Waals surface area contributed by atoms with Crippen molar-refractivity contribution in [2.45, 2.75) is 51.7 Å². The minimum atomic E-state index is -5.01. The Balaban J connectivity index is 1.65. The van der Waals surface area contributed by atoms with Gasteiger partial charge in [0.25, 0.3) is 17.5 Å². The Morgan fingerprint density at radius 3 is 2.22 bits per heavy atom. The summed E-state index contributed by atoms with van der Waals surface area (Å²) in [4.78, 5) is 22.7. The lowest BCUT2D eigenvalue weighted by Crippen LogP contribution is -2.42. The van der Waals surface area contributed by atoms with Gasteiger partial charge in [-0.1, -0.05) is 34.4 Å². The standard InChI is InChI=1S/C25H20Cl2F7N5O2/c1-4-38(22-35-21(24(29,30)31)39(5-2)36-22)20(40)15-7-6-13(8-12(15)3)18-11-23(41-37-18,25(32,33)34)14-9-16(26)19(28)17(27)10-14/h6-10H,4-5,11H2,1-3H3. The van der Waals surface area contributed by atoms with Gasteiger partial charge in [0.2, 0.25) is 5.82 Å². The SMILES string of the molecule is CCN(C(=O)c1ccc(C2=NOC(c3cc(Cl)c(F)c(Cl)c3)(C(F)(F)F)C2)cc1C)c1nc(C(F)(F)F)n(CC)n1. The summed E-state index contributed by atoms with van der Waals surface area (Å²) >= 11 is 11.5. The molecule has 2 aromatic carbocycles. The summed E-state index contributed by atoms with van der Waals surface area (Å²) in [6.07, 6.45) is -10.6. The van der Waals surface area contributed by atoms with Gasteiger partial charge < -0.3 is 4.84 Å². The van der Waals surface area contributed by atoms with Gasteiger partial charge in [0.05, 0.1) is 15.8 Å². The molecule has 4 rings (SSSR count). The fraction of sp³-hybridized carbons (Fsp3) is 0.360. The van der Waals surface area contributed by atoms with E-state index in [9.17, 15) is 35.5 Å². The Labute approximate surface area is 238 Å². The van der Waals surface area contributed by atoms with E-state index < -0.39 is 63.5 Å². The van der Waals surface area contributed by atoms with E-state index in [4.69, 9.17) is 28.0 Å². The first-order chi connectivity index (χ1) is 19.0. The first-order valence-electron chi connectivity index (χ1n) is 12.0. The van der Waals surface area contributed by atoms with E-state index in [-0.39, 0.29) is 35.5 Å². The molecule has 1 amide bonds. The van der Waals surface area contributed by atoms with Crippen molar-refractivity contribution in [2.75, 3.05) is 11.4 Å². The first-order valence-corrected chi connectivity index (χ1v) is 12.7. The third kappa shape index (κ3) is 5.46. The van der Waals surface area contributed by atoms with Crippen LogP contribution >= 0.6 is 23.2 Å². The molecule has 0 spiro atoms. The van der Waals surface area contributed by atoms with Crippen LogP contribution in [0.5, 0.6) is 0 Å². The Hall–Kier alpha value is -3.39. The molecule has 1 aromatic heterocycles. The second-order valence-electron chi connectivity index (χ2n) is 9.01. The number of aryl methyl sites for hydroxylation is 2. The van der Waals surface area contributed by atoms with Crippen molar-refractivity contribution in [3.05, 3.63) is 74.3 Å². The molecule has 1 aliphatic heterocycles. The number of halogens is 9. The molecule has 0 radical (unpaired) electrons. The fourth-order valence-electron chi connectivity index (χ4n) is 4.33. The maximum atomic E-state index is 14.3. The third-order valence-electron chi connectivity index (χ3n) is 6.44. The number of anilines is 1. The number of benzene rings is 2. The van der Waals surface area contributed by atoms with Gasteiger partial charge in [-0.05, 0) is 56.2 Å². The van der Waals surface area contributed by atoms with E-state index in [0.29, 0.717) is 4.68 Å². The van der Waals surface area contributed by atoms with Crippen molar-refractivity contribution in [2.24, 2.45) is 5.16 Å². The van der Waals surface area contributed by atoms with E-state index in [2.05, 4.69) is 15.2 Å². The van der Waals surface area contributed by atoms with Crippen molar-refractivity contribution < 1.29 is 40.4 Å². The van der Waals surface area contributed by atoms with Crippen LogP contribution < -0.4 is 4.90 Å². The second-order valence-corrected chi connectivity index (χ2v) is 9.83. The van der Waals surface area contributed by atoms with E-state index in [0.717, 1.165) is 17.0 Å². The number of nitrogens with zero attached hydrogens (tertiary/aromatic N) is 5. The predicted octanol–water partition coefficient (Wildman–Crippen LogP) is 7.32. The molecule has 1 unspecified atom stereocenters. The minimum Gasteiger partial charge on any atom is -0.374 e. The Kier molecular flexibility index (Phi) is 8.04. The number of hydrogen-bond donors (Lipinski definition) is 0. The first kappa shape index (κ1) is 30.6. The molecule has 0 N–H and O–H groups in total. The molecule has 2 heterocycles. The zero-order chi connectivity index (χ0) is 30.5. The summed E-state index contributed by atoms with van der Waals surface area (Å²) in [7, 11) is 0. The van der Waals surface area contributed by atoms with E-state index >= 15 is 0 Å². The van der Waals surface area contributed by atoms with Crippen molar-refractivity contribution in [3.8, 4) is 0 Å². The molecular weight excluding hydrogens is 606 g/mol. The highest BCUT2D eigenvalue weighted by Crippen LogP contribution is 2.50. The molecule has 220 valence electrons. The van der Waals surface area contributed by atoms with Crippen LogP contribution in [-0.4, -0.2) is 39.1 Å². The maximum Gasteiger partial charge on any atom is 0.451 e.